The lowest BCUT2D eigenvalue weighted by Crippen LogP contribution is -2.39. The van der Waals surface area contributed by atoms with Crippen LogP contribution in [0.15, 0.2) is 54.6 Å². The van der Waals surface area contributed by atoms with Crippen molar-refractivity contribution in [2.45, 2.75) is 46.4 Å². The quantitative estimate of drug-likeness (QED) is 0.778. The fourth-order valence-corrected chi connectivity index (χ4v) is 2.58. The number of hydrogen-bond acceptors (Lipinski definition) is 3. The van der Waals surface area contributed by atoms with E-state index in [1.165, 1.54) is 0 Å². The van der Waals surface area contributed by atoms with Crippen LogP contribution in [-0.2, 0) is 11.3 Å². The summed E-state index contributed by atoms with van der Waals surface area (Å²) in [6, 6.07) is 17.9. The Kier molecular flexibility index (Phi) is 6.87. The summed E-state index contributed by atoms with van der Waals surface area (Å²) in [7, 11) is 0. The summed E-state index contributed by atoms with van der Waals surface area (Å²) in [5.41, 5.74) is 1.97. The van der Waals surface area contributed by atoms with Crippen LogP contribution in [0.1, 0.15) is 33.3 Å². The number of ether oxygens (including phenoxy) is 1. The Morgan fingerprint density at radius 2 is 1.64 bits per heavy atom. The van der Waals surface area contributed by atoms with Crippen LogP contribution in [0.3, 0.4) is 0 Å². The van der Waals surface area contributed by atoms with E-state index in [1.54, 1.807) is 0 Å². The van der Waals surface area contributed by atoms with Gasteiger partial charge in [-0.15, -0.1) is 0 Å². The minimum absolute atomic E-state index is 0.0678. The molecule has 1 amide bonds. The maximum Gasteiger partial charge on any atom is 0.242 e. The summed E-state index contributed by atoms with van der Waals surface area (Å²) in [6.07, 6.45) is 0.0869. The first-order valence-corrected chi connectivity index (χ1v) is 8.80. The molecule has 0 aliphatic carbocycles. The lowest BCUT2D eigenvalue weighted by molar-refractivity contribution is -0.131. The molecule has 0 aliphatic heterocycles. The maximum absolute atomic E-state index is 12.7. The molecular weight excluding hydrogens is 312 g/mol. The Hall–Kier alpha value is -2.49. The maximum atomic E-state index is 12.7. The highest BCUT2D eigenvalue weighted by Gasteiger charge is 2.17. The molecule has 2 aromatic rings. The molecular formula is C21H28N2O2. The SMILES string of the molecule is CC(C)Oc1ccccc1NCC(=O)N(Cc1ccccc1)C(C)C. The van der Waals surface area contributed by atoms with Gasteiger partial charge in [-0.05, 0) is 45.4 Å². The van der Waals surface area contributed by atoms with Crippen molar-refractivity contribution in [3.05, 3.63) is 60.2 Å². The van der Waals surface area contributed by atoms with Crippen molar-refractivity contribution in [1.29, 1.82) is 0 Å². The van der Waals surface area contributed by atoms with Gasteiger partial charge in [-0.3, -0.25) is 4.79 Å². The summed E-state index contributed by atoms with van der Waals surface area (Å²) in [4.78, 5) is 14.6. The van der Waals surface area contributed by atoms with Gasteiger partial charge in [-0.2, -0.15) is 0 Å². The molecule has 0 atom stereocenters. The molecule has 2 rings (SSSR count). The Morgan fingerprint density at radius 1 is 1.00 bits per heavy atom. The molecule has 4 nitrogen and oxygen atoms in total. The Bertz CT molecular complexity index is 669. The predicted octanol–water partition coefficient (Wildman–Crippen LogP) is 4.32. The Morgan fingerprint density at radius 3 is 2.28 bits per heavy atom. The average Bonchev–Trinajstić information content (AvgIpc) is 2.59. The molecule has 0 aromatic heterocycles. The van der Waals surface area contributed by atoms with Crippen molar-refractivity contribution in [3.63, 3.8) is 0 Å². The van der Waals surface area contributed by atoms with Gasteiger partial charge in [0.15, 0.2) is 0 Å². The van der Waals surface area contributed by atoms with Crippen LogP contribution >= 0.6 is 0 Å². The minimum Gasteiger partial charge on any atom is -0.489 e. The fourth-order valence-electron chi connectivity index (χ4n) is 2.58. The predicted molar refractivity (Wildman–Crippen MR) is 103 cm³/mol. The van der Waals surface area contributed by atoms with E-state index in [4.69, 9.17) is 4.74 Å². The van der Waals surface area contributed by atoms with Crippen LogP contribution in [0, 0.1) is 0 Å². The summed E-state index contributed by atoms with van der Waals surface area (Å²) in [5, 5.41) is 3.22. The van der Waals surface area contributed by atoms with Gasteiger partial charge in [-0.1, -0.05) is 42.5 Å². The molecule has 25 heavy (non-hydrogen) atoms. The van der Waals surface area contributed by atoms with E-state index in [2.05, 4.69) is 5.32 Å². The molecule has 2 aromatic carbocycles. The smallest absolute Gasteiger partial charge is 0.242 e. The van der Waals surface area contributed by atoms with Crippen molar-refractivity contribution in [1.82, 2.24) is 4.90 Å². The number of amides is 1. The van der Waals surface area contributed by atoms with Crippen molar-refractivity contribution in [2.75, 3.05) is 11.9 Å². The molecule has 0 bridgehead atoms. The number of carbonyl (C=O) groups is 1. The van der Waals surface area contributed by atoms with Crippen LogP contribution in [0.5, 0.6) is 5.75 Å². The molecule has 4 heteroatoms. The number of rotatable bonds is 8. The monoisotopic (exact) mass is 340 g/mol. The van der Waals surface area contributed by atoms with Crippen molar-refractivity contribution >= 4 is 11.6 Å². The number of carbonyl (C=O) groups excluding carboxylic acids is 1. The van der Waals surface area contributed by atoms with E-state index in [-0.39, 0.29) is 24.6 Å². The van der Waals surface area contributed by atoms with Gasteiger partial charge in [0.1, 0.15) is 5.75 Å². The van der Waals surface area contributed by atoms with Gasteiger partial charge >= 0.3 is 0 Å². The van der Waals surface area contributed by atoms with Crippen molar-refractivity contribution in [2.24, 2.45) is 0 Å². The van der Waals surface area contributed by atoms with Crippen LogP contribution in [0.25, 0.3) is 0 Å². The molecule has 0 saturated heterocycles. The van der Waals surface area contributed by atoms with E-state index < -0.39 is 0 Å². The number of para-hydroxylation sites is 2. The molecule has 1 N–H and O–H groups in total. The molecule has 0 unspecified atom stereocenters. The fraction of sp³-hybridized carbons (Fsp3) is 0.381. The van der Waals surface area contributed by atoms with Crippen LogP contribution in [0.4, 0.5) is 5.69 Å². The second-order valence-corrected chi connectivity index (χ2v) is 6.62. The average molecular weight is 340 g/mol. The molecule has 134 valence electrons. The second kappa shape index (κ2) is 9.11. The third-order valence-electron chi connectivity index (χ3n) is 3.82. The Labute approximate surface area is 150 Å². The van der Waals surface area contributed by atoms with Gasteiger partial charge in [0, 0.05) is 12.6 Å². The van der Waals surface area contributed by atoms with Gasteiger partial charge < -0.3 is 15.0 Å². The Balaban J connectivity index is 2.02. The summed E-state index contributed by atoms with van der Waals surface area (Å²) in [5.74, 6) is 0.836. The van der Waals surface area contributed by atoms with Crippen LogP contribution in [-0.4, -0.2) is 29.5 Å². The third-order valence-corrected chi connectivity index (χ3v) is 3.82. The largest absolute Gasteiger partial charge is 0.489 e. The first kappa shape index (κ1) is 18.8. The second-order valence-electron chi connectivity index (χ2n) is 6.62. The first-order chi connectivity index (χ1) is 12.0. The third kappa shape index (κ3) is 5.82. The summed E-state index contributed by atoms with van der Waals surface area (Å²) >= 11 is 0. The van der Waals surface area contributed by atoms with Crippen LogP contribution in [0.2, 0.25) is 0 Å². The molecule has 0 fully saturated rings. The van der Waals surface area contributed by atoms with E-state index in [0.717, 1.165) is 17.0 Å². The van der Waals surface area contributed by atoms with Gasteiger partial charge in [-0.25, -0.2) is 0 Å². The normalized spacial score (nSPS) is 10.8. The molecule has 0 saturated carbocycles. The zero-order valence-electron chi connectivity index (χ0n) is 15.5. The first-order valence-electron chi connectivity index (χ1n) is 8.80. The molecule has 0 spiro atoms. The zero-order valence-corrected chi connectivity index (χ0v) is 15.5. The lowest BCUT2D eigenvalue weighted by atomic mass is 10.2. The number of nitrogens with zero attached hydrogens (tertiary/aromatic N) is 1. The summed E-state index contributed by atoms with van der Waals surface area (Å²) in [6.45, 7) is 8.91. The highest BCUT2D eigenvalue weighted by molar-refractivity contribution is 5.81. The topological polar surface area (TPSA) is 41.6 Å². The number of nitrogens with one attached hydrogen (secondary N) is 1. The number of anilines is 1. The number of benzene rings is 2. The molecule has 0 radical (unpaired) electrons. The standard InChI is InChI=1S/C21H28N2O2/c1-16(2)23(15-18-10-6-5-7-11-18)21(24)14-22-19-12-8-9-13-20(19)25-17(3)4/h5-13,16-17,22H,14-15H2,1-4H3. The van der Waals surface area contributed by atoms with Crippen LogP contribution < -0.4 is 10.1 Å². The summed E-state index contributed by atoms with van der Waals surface area (Å²) < 4.78 is 5.79. The zero-order chi connectivity index (χ0) is 18.2. The van der Waals surface area contributed by atoms with Crippen molar-refractivity contribution < 1.29 is 9.53 Å². The van der Waals surface area contributed by atoms with Gasteiger partial charge in [0.2, 0.25) is 5.91 Å². The minimum atomic E-state index is 0.0678. The highest BCUT2D eigenvalue weighted by Crippen LogP contribution is 2.24. The van der Waals surface area contributed by atoms with Gasteiger partial charge in [0.25, 0.3) is 0 Å². The van der Waals surface area contributed by atoms with Gasteiger partial charge in [0.05, 0.1) is 18.3 Å². The molecule has 0 aliphatic rings. The van der Waals surface area contributed by atoms with E-state index >= 15 is 0 Å². The van der Waals surface area contributed by atoms with E-state index in [1.807, 2.05) is 87.2 Å². The van der Waals surface area contributed by atoms with E-state index in [9.17, 15) is 4.79 Å². The van der Waals surface area contributed by atoms with Crippen molar-refractivity contribution in [3.8, 4) is 5.75 Å². The highest BCUT2D eigenvalue weighted by atomic mass is 16.5. The van der Waals surface area contributed by atoms with E-state index in [0.29, 0.717) is 6.54 Å². The lowest BCUT2D eigenvalue weighted by Gasteiger charge is -2.27. The number of hydrogen-bond donors (Lipinski definition) is 1. The molecule has 0 heterocycles.